The number of ether oxygens (including phenoxy) is 1. The molecule has 2 nitrogen and oxygen atoms in total. The van der Waals surface area contributed by atoms with E-state index in [4.69, 9.17) is 4.74 Å². The summed E-state index contributed by atoms with van der Waals surface area (Å²) < 4.78 is 30.4. The third-order valence-electron chi connectivity index (χ3n) is 3.06. The predicted octanol–water partition coefficient (Wildman–Crippen LogP) is 1.55. The van der Waals surface area contributed by atoms with Crippen molar-refractivity contribution >= 4 is 0 Å². The van der Waals surface area contributed by atoms with Crippen molar-refractivity contribution < 1.29 is 13.5 Å². The Kier molecular flexibility index (Phi) is 2.28. The Morgan fingerprint density at radius 1 is 1.46 bits per heavy atom. The van der Waals surface area contributed by atoms with E-state index in [2.05, 4.69) is 5.32 Å². The molecular weight excluding hydrogens is 176 g/mol. The van der Waals surface area contributed by atoms with Crippen LogP contribution in [-0.4, -0.2) is 30.7 Å². The van der Waals surface area contributed by atoms with E-state index in [1.165, 1.54) is 0 Å². The molecule has 1 saturated heterocycles. The van der Waals surface area contributed by atoms with Crippen LogP contribution in [0.1, 0.15) is 26.2 Å². The summed E-state index contributed by atoms with van der Waals surface area (Å²) >= 11 is 0. The van der Waals surface area contributed by atoms with Crippen molar-refractivity contribution in [3.63, 3.8) is 0 Å². The van der Waals surface area contributed by atoms with Crippen LogP contribution in [0.2, 0.25) is 0 Å². The molecule has 2 atom stereocenters. The van der Waals surface area contributed by atoms with Crippen molar-refractivity contribution in [1.29, 1.82) is 0 Å². The molecule has 0 amide bonds. The zero-order valence-corrected chi connectivity index (χ0v) is 7.72. The summed E-state index contributed by atoms with van der Waals surface area (Å²) in [6.45, 7) is 2.63. The van der Waals surface area contributed by atoms with Crippen LogP contribution in [0.15, 0.2) is 0 Å². The normalized spacial score (nSPS) is 36.9. The first-order chi connectivity index (χ1) is 6.14. The average Bonchev–Trinajstić information content (AvgIpc) is 2.74. The lowest BCUT2D eigenvalue weighted by molar-refractivity contribution is 0.0638. The third kappa shape index (κ3) is 1.70. The van der Waals surface area contributed by atoms with Crippen molar-refractivity contribution in [2.24, 2.45) is 0 Å². The molecule has 2 aliphatic rings. The molecule has 1 saturated carbocycles. The summed E-state index contributed by atoms with van der Waals surface area (Å²) in [5.41, 5.74) is -0.868. The number of hydrogen-bond acceptors (Lipinski definition) is 2. The number of nitrogens with one attached hydrogen (secondary N) is 1. The summed E-state index contributed by atoms with van der Waals surface area (Å²) in [4.78, 5) is 0. The fourth-order valence-corrected chi connectivity index (χ4v) is 1.85. The van der Waals surface area contributed by atoms with Crippen molar-refractivity contribution in [3.05, 3.63) is 0 Å². The zero-order chi connectivity index (χ0) is 9.47. The predicted molar refractivity (Wildman–Crippen MR) is 44.9 cm³/mol. The average molecular weight is 191 g/mol. The first-order valence-corrected chi connectivity index (χ1v) is 4.81. The summed E-state index contributed by atoms with van der Waals surface area (Å²) in [6.07, 6.45) is -0.0891. The molecule has 13 heavy (non-hydrogen) atoms. The van der Waals surface area contributed by atoms with Gasteiger partial charge in [-0.1, -0.05) is 0 Å². The second-order valence-corrected chi connectivity index (χ2v) is 4.07. The van der Waals surface area contributed by atoms with E-state index >= 15 is 0 Å². The molecule has 0 aromatic carbocycles. The molecule has 1 N–H and O–H groups in total. The lowest BCUT2D eigenvalue weighted by atomic mass is 10.1. The van der Waals surface area contributed by atoms with E-state index in [0.717, 1.165) is 6.42 Å². The molecule has 0 aromatic rings. The maximum absolute atomic E-state index is 12.6. The molecule has 4 heteroatoms. The highest BCUT2D eigenvalue weighted by atomic mass is 19.3. The molecule has 2 rings (SSSR count). The molecule has 1 heterocycles. The fraction of sp³-hybridized carbons (Fsp3) is 1.00. The van der Waals surface area contributed by atoms with Gasteiger partial charge in [-0.15, -0.1) is 0 Å². The smallest absolute Gasteiger partial charge is 0.256 e. The summed E-state index contributed by atoms with van der Waals surface area (Å²) in [7, 11) is 0. The minimum atomic E-state index is -2.24. The minimum absolute atomic E-state index is 0.0798. The maximum Gasteiger partial charge on any atom is 0.256 e. The van der Waals surface area contributed by atoms with Crippen LogP contribution in [0.3, 0.4) is 0 Å². The Labute approximate surface area is 76.6 Å². The molecule has 0 spiro atoms. The van der Waals surface area contributed by atoms with Gasteiger partial charge < -0.3 is 10.1 Å². The Balaban J connectivity index is 1.90. The Morgan fingerprint density at radius 2 is 2.15 bits per heavy atom. The Morgan fingerprint density at radius 3 is 2.54 bits per heavy atom. The van der Waals surface area contributed by atoms with Crippen molar-refractivity contribution in [2.45, 2.75) is 50.3 Å². The van der Waals surface area contributed by atoms with Crippen LogP contribution < -0.4 is 5.32 Å². The second kappa shape index (κ2) is 3.17. The van der Waals surface area contributed by atoms with E-state index in [1.807, 2.05) is 6.92 Å². The van der Waals surface area contributed by atoms with Crippen LogP contribution in [-0.2, 0) is 4.74 Å². The summed E-state index contributed by atoms with van der Waals surface area (Å²) in [6, 6.07) is 0.122. The standard InChI is InChI=1S/C9H15F2NO/c1-6-7(2-5-13-6)12-9(3-4-9)8(10)11/h6-8,12H,2-5H2,1H3. The molecule has 1 aliphatic heterocycles. The minimum Gasteiger partial charge on any atom is -0.377 e. The largest absolute Gasteiger partial charge is 0.377 e. The topological polar surface area (TPSA) is 21.3 Å². The van der Waals surface area contributed by atoms with Gasteiger partial charge in [-0.05, 0) is 26.2 Å². The van der Waals surface area contributed by atoms with Gasteiger partial charge in [0.25, 0.3) is 6.43 Å². The SMILES string of the molecule is CC1OCCC1NC1(C(F)F)CC1. The van der Waals surface area contributed by atoms with Gasteiger partial charge in [0.15, 0.2) is 0 Å². The highest BCUT2D eigenvalue weighted by molar-refractivity contribution is 5.06. The number of alkyl halides is 2. The second-order valence-electron chi connectivity index (χ2n) is 4.07. The number of halogens is 2. The lowest BCUT2D eigenvalue weighted by Crippen LogP contribution is -2.47. The van der Waals surface area contributed by atoms with Gasteiger partial charge in [0, 0.05) is 12.6 Å². The van der Waals surface area contributed by atoms with Gasteiger partial charge in [-0.2, -0.15) is 0 Å². The molecule has 2 fully saturated rings. The molecule has 0 bridgehead atoms. The van der Waals surface area contributed by atoms with Gasteiger partial charge in [0.1, 0.15) is 0 Å². The third-order valence-corrected chi connectivity index (χ3v) is 3.06. The molecule has 1 aliphatic carbocycles. The summed E-state index contributed by atoms with van der Waals surface area (Å²) in [5, 5.41) is 3.04. The molecular formula is C9H15F2NO. The zero-order valence-electron chi connectivity index (χ0n) is 7.72. The quantitative estimate of drug-likeness (QED) is 0.730. The molecule has 2 unspecified atom stereocenters. The van der Waals surface area contributed by atoms with Crippen LogP contribution in [0.4, 0.5) is 8.78 Å². The molecule has 0 radical (unpaired) electrons. The van der Waals surface area contributed by atoms with Crippen molar-refractivity contribution in [1.82, 2.24) is 5.32 Å². The number of rotatable bonds is 3. The van der Waals surface area contributed by atoms with Crippen molar-refractivity contribution in [3.8, 4) is 0 Å². The van der Waals surface area contributed by atoms with Crippen LogP contribution in [0.25, 0.3) is 0 Å². The van der Waals surface area contributed by atoms with E-state index in [9.17, 15) is 8.78 Å². The Bertz CT molecular complexity index is 194. The highest BCUT2D eigenvalue weighted by Crippen LogP contribution is 2.42. The van der Waals surface area contributed by atoms with Gasteiger partial charge in [-0.25, -0.2) is 8.78 Å². The van der Waals surface area contributed by atoms with Crippen molar-refractivity contribution in [2.75, 3.05) is 6.61 Å². The van der Waals surface area contributed by atoms with E-state index in [1.54, 1.807) is 0 Å². The highest BCUT2D eigenvalue weighted by Gasteiger charge is 2.52. The van der Waals surface area contributed by atoms with Gasteiger partial charge in [0.05, 0.1) is 11.6 Å². The van der Waals surface area contributed by atoms with Crippen LogP contribution in [0.5, 0.6) is 0 Å². The van der Waals surface area contributed by atoms with Gasteiger partial charge >= 0.3 is 0 Å². The van der Waals surface area contributed by atoms with Gasteiger partial charge in [-0.3, -0.25) is 0 Å². The lowest BCUT2D eigenvalue weighted by Gasteiger charge is -2.23. The monoisotopic (exact) mass is 191 g/mol. The summed E-state index contributed by atoms with van der Waals surface area (Å²) in [5.74, 6) is 0. The maximum atomic E-state index is 12.6. The Hall–Kier alpha value is -0.220. The van der Waals surface area contributed by atoms with E-state index < -0.39 is 12.0 Å². The molecule has 76 valence electrons. The van der Waals surface area contributed by atoms with E-state index in [-0.39, 0.29) is 12.1 Å². The first kappa shape index (κ1) is 9.34. The molecule has 0 aromatic heterocycles. The van der Waals surface area contributed by atoms with Gasteiger partial charge in [0.2, 0.25) is 0 Å². The van der Waals surface area contributed by atoms with Crippen LogP contribution in [0, 0.1) is 0 Å². The van der Waals surface area contributed by atoms with E-state index in [0.29, 0.717) is 19.4 Å². The van der Waals surface area contributed by atoms with Crippen LogP contribution >= 0.6 is 0 Å². The number of hydrogen-bond donors (Lipinski definition) is 1. The first-order valence-electron chi connectivity index (χ1n) is 4.81. The fourth-order valence-electron chi connectivity index (χ4n) is 1.85.